The lowest BCUT2D eigenvalue weighted by Gasteiger charge is -2.32. The van der Waals surface area contributed by atoms with E-state index in [1.807, 2.05) is 36.0 Å². The molecule has 7 heteroatoms. The van der Waals surface area contributed by atoms with Gasteiger partial charge in [-0.1, -0.05) is 6.07 Å². The normalized spacial score (nSPS) is 16.1. The van der Waals surface area contributed by atoms with Crippen molar-refractivity contribution in [2.45, 2.75) is 25.4 Å². The predicted octanol–water partition coefficient (Wildman–Crippen LogP) is 3.79. The van der Waals surface area contributed by atoms with E-state index >= 15 is 0 Å². The van der Waals surface area contributed by atoms with Crippen molar-refractivity contribution in [2.75, 3.05) is 13.1 Å². The van der Waals surface area contributed by atoms with Crippen molar-refractivity contribution in [3.8, 4) is 11.3 Å². The Morgan fingerprint density at radius 2 is 2.00 bits per heavy atom. The van der Waals surface area contributed by atoms with E-state index in [1.165, 1.54) is 4.88 Å². The number of aromatic nitrogens is 5. The van der Waals surface area contributed by atoms with Crippen molar-refractivity contribution in [1.29, 1.82) is 0 Å². The van der Waals surface area contributed by atoms with Crippen LogP contribution in [0.4, 0.5) is 0 Å². The van der Waals surface area contributed by atoms with Crippen LogP contribution in [0.25, 0.3) is 22.6 Å². The third kappa shape index (κ3) is 3.36. The Bertz CT molecular complexity index is 1020. The van der Waals surface area contributed by atoms with Gasteiger partial charge in [0.05, 0.1) is 18.2 Å². The summed E-state index contributed by atoms with van der Waals surface area (Å²) in [6.45, 7) is 3.25. The van der Waals surface area contributed by atoms with Crippen LogP contribution in [0.3, 0.4) is 0 Å². The minimum atomic E-state index is 0.424. The number of likely N-dealkylation sites (tertiary alicyclic amines) is 1. The highest BCUT2D eigenvalue weighted by Gasteiger charge is 2.23. The minimum absolute atomic E-state index is 0.424. The number of nitrogens with zero attached hydrogens (tertiary/aromatic N) is 6. The van der Waals surface area contributed by atoms with Gasteiger partial charge < -0.3 is 4.57 Å². The molecule has 0 amide bonds. The Kier molecular flexibility index (Phi) is 4.39. The number of hydrogen-bond donors (Lipinski definition) is 0. The summed E-state index contributed by atoms with van der Waals surface area (Å²) in [7, 11) is 0. The lowest BCUT2D eigenvalue weighted by molar-refractivity contribution is 0.182. The summed E-state index contributed by atoms with van der Waals surface area (Å²) in [6, 6.07) is 8.69. The molecule has 1 aliphatic heterocycles. The second-order valence-corrected chi connectivity index (χ2v) is 7.91. The maximum absolute atomic E-state index is 4.85. The first-order valence-electron chi connectivity index (χ1n) is 9.21. The van der Waals surface area contributed by atoms with E-state index in [4.69, 9.17) is 4.98 Å². The Morgan fingerprint density at radius 3 is 2.78 bits per heavy atom. The molecule has 5 rings (SSSR count). The van der Waals surface area contributed by atoms with Crippen molar-refractivity contribution < 1.29 is 0 Å². The maximum atomic E-state index is 4.85. The number of piperidine rings is 1. The molecular weight excluding hydrogens is 356 g/mol. The van der Waals surface area contributed by atoms with Gasteiger partial charge in [0.2, 0.25) is 0 Å². The third-order valence-corrected chi connectivity index (χ3v) is 6.01. The second-order valence-electron chi connectivity index (χ2n) is 6.88. The largest absolute Gasteiger partial charge is 0.311 e. The van der Waals surface area contributed by atoms with Crippen molar-refractivity contribution >= 4 is 22.6 Å². The highest BCUT2D eigenvalue weighted by Crippen LogP contribution is 2.27. The maximum Gasteiger partial charge on any atom is 0.197 e. The van der Waals surface area contributed by atoms with Crippen LogP contribution in [0.2, 0.25) is 0 Å². The molecule has 4 aromatic rings. The first kappa shape index (κ1) is 16.5. The van der Waals surface area contributed by atoms with Gasteiger partial charge in [-0.05, 0) is 36.4 Å². The van der Waals surface area contributed by atoms with Crippen LogP contribution in [0.15, 0.2) is 54.6 Å². The van der Waals surface area contributed by atoms with Gasteiger partial charge in [0, 0.05) is 48.5 Å². The lowest BCUT2D eigenvalue weighted by Crippen LogP contribution is -2.33. The summed E-state index contributed by atoms with van der Waals surface area (Å²) in [6.07, 6.45) is 9.48. The first-order chi connectivity index (χ1) is 13.4. The van der Waals surface area contributed by atoms with Crippen molar-refractivity contribution in [2.24, 2.45) is 0 Å². The zero-order valence-corrected chi connectivity index (χ0v) is 15.7. The molecular formula is C20H20N6S. The fourth-order valence-corrected chi connectivity index (χ4v) is 4.45. The molecule has 0 unspecified atom stereocenters. The van der Waals surface area contributed by atoms with Crippen LogP contribution >= 0.6 is 11.3 Å². The van der Waals surface area contributed by atoms with E-state index in [2.05, 4.69) is 41.9 Å². The van der Waals surface area contributed by atoms with Gasteiger partial charge in [-0.2, -0.15) is 0 Å². The van der Waals surface area contributed by atoms with Gasteiger partial charge in [-0.25, -0.2) is 15.0 Å². The van der Waals surface area contributed by atoms with Gasteiger partial charge in [-0.15, -0.1) is 11.3 Å². The average molecular weight is 376 g/mol. The van der Waals surface area contributed by atoms with Gasteiger partial charge in [-0.3, -0.25) is 9.88 Å². The number of fused-ring (bicyclic) bond motifs is 1. The predicted molar refractivity (Wildman–Crippen MR) is 106 cm³/mol. The van der Waals surface area contributed by atoms with E-state index in [0.717, 1.165) is 49.4 Å². The summed E-state index contributed by atoms with van der Waals surface area (Å²) in [5, 5.41) is 2.15. The van der Waals surface area contributed by atoms with Crippen molar-refractivity contribution in [1.82, 2.24) is 29.4 Å². The Morgan fingerprint density at radius 1 is 1.07 bits per heavy atom. The molecule has 1 aliphatic rings. The molecule has 0 saturated carbocycles. The molecule has 0 N–H and O–H groups in total. The molecule has 0 bridgehead atoms. The Balaban J connectivity index is 1.36. The third-order valence-electron chi connectivity index (χ3n) is 5.15. The summed E-state index contributed by atoms with van der Waals surface area (Å²) in [4.78, 5) is 22.0. The highest BCUT2D eigenvalue weighted by atomic mass is 32.1. The van der Waals surface area contributed by atoms with Gasteiger partial charge in [0.1, 0.15) is 0 Å². The molecule has 0 aromatic carbocycles. The zero-order valence-electron chi connectivity index (χ0n) is 14.9. The van der Waals surface area contributed by atoms with E-state index in [0.29, 0.717) is 11.7 Å². The molecule has 0 aliphatic carbocycles. The quantitative estimate of drug-likeness (QED) is 0.542. The summed E-state index contributed by atoms with van der Waals surface area (Å²) in [5.41, 5.74) is 3.40. The lowest BCUT2D eigenvalue weighted by atomic mass is 10.0. The van der Waals surface area contributed by atoms with Gasteiger partial charge in [0.15, 0.2) is 11.3 Å². The van der Waals surface area contributed by atoms with Crippen molar-refractivity contribution in [3.05, 3.63) is 59.4 Å². The fourth-order valence-electron chi connectivity index (χ4n) is 3.71. The molecule has 6 nitrogen and oxygen atoms in total. The molecule has 0 radical (unpaired) electrons. The zero-order chi connectivity index (χ0) is 18.1. The number of rotatable bonds is 4. The van der Waals surface area contributed by atoms with Crippen LogP contribution in [-0.2, 0) is 6.54 Å². The molecule has 1 fully saturated rings. The summed E-state index contributed by atoms with van der Waals surface area (Å²) < 4.78 is 2.21. The molecule has 0 atom stereocenters. The van der Waals surface area contributed by atoms with Crippen molar-refractivity contribution in [3.63, 3.8) is 0 Å². The van der Waals surface area contributed by atoms with Crippen LogP contribution in [-0.4, -0.2) is 42.5 Å². The molecule has 136 valence electrons. The van der Waals surface area contributed by atoms with E-state index in [1.54, 1.807) is 12.4 Å². The summed E-state index contributed by atoms with van der Waals surface area (Å²) in [5.74, 6) is 0. The number of imidazole rings is 1. The SMILES string of the molecule is c1cncc(-c2cnc3ncn(C4CCN(Cc5cccs5)CC4)c3n2)c1. The Hall–Kier alpha value is -2.64. The fraction of sp³-hybridized carbons (Fsp3) is 0.300. The topological polar surface area (TPSA) is 59.7 Å². The molecule has 4 aromatic heterocycles. The van der Waals surface area contributed by atoms with E-state index in [-0.39, 0.29) is 0 Å². The standard InChI is InChI=1S/C20H20N6S/c1-3-15(11-21-7-1)18-12-22-19-20(24-18)26(14-23-19)16-5-8-25(9-6-16)13-17-4-2-10-27-17/h1-4,7,10-12,14,16H,5-6,8-9,13H2. The van der Waals surface area contributed by atoms with Gasteiger partial charge >= 0.3 is 0 Å². The van der Waals surface area contributed by atoms with Crippen LogP contribution in [0, 0.1) is 0 Å². The number of thiophene rings is 1. The first-order valence-corrected chi connectivity index (χ1v) is 10.1. The van der Waals surface area contributed by atoms with Crippen LogP contribution in [0.5, 0.6) is 0 Å². The molecule has 27 heavy (non-hydrogen) atoms. The highest BCUT2D eigenvalue weighted by molar-refractivity contribution is 7.09. The molecule has 1 saturated heterocycles. The molecule has 5 heterocycles. The summed E-state index contributed by atoms with van der Waals surface area (Å²) >= 11 is 1.84. The minimum Gasteiger partial charge on any atom is -0.311 e. The van der Waals surface area contributed by atoms with Crippen LogP contribution in [0.1, 0.15) is 23.8 Å². The average Bonchev–Trinajstić information content (AvgIpc) is 3.39. The smallest absolute Gasteiger partial charge is 0.197 e. The van der Waals surface area contributed by atoms with Crippen LogP contribution < -0.4 is 0 Å². The van der Waals surface area contributed by atoms with E-state index in [9.17, 15) is 0 Å². The Labute approximate surface area is 161 Å². The molecule has 0 spiro atoms. The second kappa shape index (κ2) is 7.17. The van der Waals surface area contributed by atoms with E-state index < -0.39 is 0 Å². The number of hydrogen-bond acceptors (Lipinski definition) is 6. The van der Waals surface area contributed by atoms with Gasteiger partial charge in [0.25, 0.3) is 0 Å². The number of pyridine rings is 1. The monoisotopic (exact) mass is 376 g/mol.